The summed E-state index contributed by atoms with van der Waals surface area (Å²) in [7, 11) is 2.29. The Kier molecular flexibility index (Phi) is 5.04. The van der Waals surface area contributed by atoms with Gasteiger partial charge in [0.1, 0.15) is 12.1 Å². The van der Waals surface area contributed by atoms with Crippen molar-refractivity contribution in [1.82, 2.24) is 0 Å². The molecule has 1 aliphatic rings. The van der Waals surface area contributed by atoms with Gasteiger partial charge in [0.05, 0.1) is 12.6 Å². The van der Waals surface area contributed by atoms with Gasteiger partial charge in [-0.25, -0.2) is 0 Å². The van der Waals surface area contributed by atoms with Crippen molar-refractivity contribution < 1.29 is 10.0 Å². The Balaban J connectivity index is 2.13. The molecule has 2 aromatic carbocycles. The van der Waals surface area contributed by atoms with E-state index in [-0.39, 0.29) is 29.8 Å². The normalized spacial score (nSPS) is 35.7. The molecule has 0 radical (unpaired) electrons. The van der Waals surface area contributed by atoms with Crippen molar-refractivity contribution >= 4 is 0 Å². The van der Waals surface area contributed by atoms with E-state index < -0.39 is 5.60 Å². The first kappa shape index (κ1) is 18.2. The van der Waals surface area contributed by atoms with Crippen LogP contribution in [0.15, 0.2) is 60.7 Å². The molecule has 0 bridgehead atoms. The van der Waals surface area contributed by atoms with Crippen LogP contribution >= 0.6 is 0 Å². The highest BCUT2D eigenvalue weighted by molar-refractivity contribution is 5.24. The lowest BCUT2D eigenvalue weighted by Crippen LogP contribution is -3.13. The predicted octanol–water partition coefficient (Wildman–Crippen LogP) is 3.66. The summed E-state index contributed by atoms with van der Waals surface area (Å²) in [5, 5.41) is 11.9. The van der Waals surface area contributed by atoms with Gasteiger partial charge < -0.3 is 10.0 Å². The number of hydrogen-bond acceptors (Lipinski definition) is 1. The molecule has 0 aliphatic carbocycles. The molecule has 25 heavy (non-hydrogen) atoms. The van der Waals surface area contributed by atoms with E-state index in [1.807, 2.05) is 0 Å². The maximum atomic E-state index is 11.9. The molecule has 4 atom stereocenters. The van der Waals surface area contributed by atoms with Gasteiger partial charge in [-0.1, -0.05) is 88.4 Å². The van der Waals surface area contributed by atoms with Crippen molar-refractivity contribution in [3.63, 3.8) is 0 Å². The molecule has 2 N–H and O–H groups in total. The number of quaternary nitrogens is 1. The minimum absolute atomic E-state index is 0.185. The maximum absolute atomic E-state index is 11.9. The monoisotopic (exact) mass is 338 g/mol. The topological polar surface area (TPSA) is 24.7 Å². The van der Waals surface area contributed by atoms with Crippen LogP contribution in [-0.2, 0) is 0 Å². The van der Waals surface area contributed by atoms with Crippen LogP contribution in [-0.4, -0.2) is 17.8 Å². The molecule has 0 saturated carbocycles. The van der Waals surface area contributed by atoms with Crippen LogP contribution in [0, 0.1) is 17.8 Å². The second-order valence-corrected chi connectivity index (χ2v) is 8.14. The number of aliphatic hydroxyl groups is 1. The Morgan fingerprint density at radius 3 is 1.48 bits per heavy atom. The summed E-state index contributed by atoms with van der Waals surface area (Å²) in [5.74, 6) is 0.581. The van der Waals surface area contributed by atoms with E-state index in [1.54, 1.807) is 0 Å². The number of rotatable bonds is 3. The fraction of sp³-hybridized carbons (Fsp3) is 0.478. The lowest BCUT2D eigenvalue weighted by molar-refractivity contribution is -0.962. The zero-order chi connectivity index (χ0) is 18.2. The molecular weight excluding hydrogens is 306 g/mol. The molecule has 0 spiro atoms. The van der Waals surface area contributed by atoms with Gasteiger partial charge in [0, 0.05) is 23.0 Å². The highest BCUT2D eigenvalue weighted by Gasteiger charge is 2.57. The summed E-state index contributed by atoms with van der Waals surface area (Å²) in [6, 6.07) is 22.0. The predicted molar refractivity (Wildman–Crippen MR) is 103 cm³/mol. The van der Waals surface area contributed by atoms with Crippen LogP contribution in [0.4, 0.5) is 0 Å². The van der Waals surface area contributed by atoms with E-state index >= 15 is 0 Å². The fourth-order valence-electron chi connectivity index (χ4n) is 5.41. The Bertz CT molecular complexity index is 628. The van der Waals surface area contributed by atoms with Crippen molar-refractivity contribution in [2.45, 2.75) is 45.4 Å². The average Bonchev–Trinajstić information content (AvgIpc) is 2.62. The standard InChI is InChI=1S/C23H31NO/c1-16(2)23(25)17(3)21(19-12-8-6-9-13-19)24(5)22(18(23)4)20-14-10-7-11-15-20/h6-18,21-22,25H,1-5H3/p+1/t17-,18-,21-,22-/m0/s1. The zero-order valence-electron chi connectivity index (χ0n) is 16.1. The van der Waals surface area contributed by atoms with E-state index in [0.717, 1.165) is 0 Å². The third-order valence-corrected chi connectivity index (χ3v) is 6.68. The summed E-state index contributed by atoms with van der Waals surface area (Å²) < 4.78 is 0. The molecule has 3 rings (SSSR count). The minimum Gasteiger partial charge on any atom is -0.389 e. The van der Waals surface area contributed by atoms with Crippen molar-refractivity contribution in [3.05, 3.63) is 71.8 Å². The molecule has 1 saturated heterocycles. The van der Waals surface area contributed by atoms with Crippen molar-refractivity contribution in [3.8, 4) is 0 Å². The van der Waals surface area contributed by atoms with Gasteiger partial charge in [0.25, 0.3) is 0 Å². The fourth-order valence-corrected chi connectivity index (χ4v) is 5.41. The third kappa shape index (κ3) is 2.92. The molecule has 2 nitrogen and oxygen atoms in total. The van der Waals surface area contributed by atoms with E-state index in [1.165, 1.54) is 16.0 Å². The lowest BCUT2D eigenvalue weighted by atomic mass is 9.61. The van der Waals surface area contributed by atoms with Crippen LogP contribution < -0.4 is 4.90 Å². The summed E-state index contributed by atoms with van der Waals surface area (Å²) in [4.78, 5) is 1.47. The zero-order valence-corrected chi connectivity index (χ0v) is 16.1. The molecule has 0 aromatic heterocycles. The van der Waals surface area contributed by atoms with E-state index in [0.29, 0.717) is 0 Å². The maximum Gasteiger partial charge on any atom is 0.119 e. The van der Waals surface area contributed by atoms with Gasteiger partial charge in [0.2, 0.25) is 0 Å². The average molecular weight is 339 g/mol. The van der Waals surface area contributed by atoms with E-state index in [9.17, 15) is 5.11 Å². The second kappa shape index (κ2) is 6.93. The number of piperidine rings is 1. The van der Waals surface area contributed by atoms with Gasteiger partial charge in [-0.3, -0.25) is 0 Å². The van der Waals surface area contributed by atoms with Gasteiger partial charge in [-0.2, -0.15) is 0 Å². The molecule has 0 unspecified atom stereocenters. The van der Waals surface area contributed by atoms with Crippen molar-refractivity contribution in [1.29, 1.82) is 0 Å². The molecule has 1 fully saturated rings. The minimum atomic E-state index is -0.694. The molecule has 2 aromatic rings. The molecular formula is C23H32NO+. The van der Waals surface area contributed by atoms with Crippen LogP contribution in [0.25, 0.3) is 0 Å². The molecule has 1 aliphatic heterocycles. The second-order valence-electron chi connectivity index (χ2n) is 8.14. The highest BCUT2D eigenvalue weighted by atomic mass is 16.3. The Labute approximate surface area is 152 Å². The van der Waals surface area contributed by atoms with Gasteiger partial charge >= 0.3 is 0 Å². The van der Waals surface area contributed by atoms with Crippen LogP contribution in [0.2, 0.25) is 0 Å². The highest BCUT2D eigenvalue weighted by Crippen LogP contribution is 2.47. The van der Waals surface area contributed by atoms with Gasteiger partial charge in [-0.05, 0) is 5.92 Å². The number of hydrogen-bond donors (Lipinski definition) is 2. The van der Waals surface area contributed by atoms with Crippen LogP contribution in [0.5, 0.6) is 0 Å². The molecule has 1 heterocycles. The Morgan fingerprint density at radius 1 is 0.800 bits per heavy atom. The first-order valence-corrected chi connectivity index (χ1v) is 9.54. The lowest BCUT2D eigenvalue weighted by Gasteiger charge is -2.55. The van der Waals surface area contributed by atoms with Crippen molar-refractivity contribution in [2.75, 3.05) is 7.05 Å². The van der Waals surface area contributed by atoms with Gasteiger partial charge in [0.15, 0.2) is 0 Å². The molecule has 2 heteroatoms. The van der Waals surface area contributed by atoms with E-state index in [4.69, 9.17) is 0 Å². The Hall–Kier alpha value is -1.64. The van der Waals surface area contributed by atoms with Crippen LogP contribution in [0.3, 0.4) is 0 Å². The molecule has 134 valence electrons. The smallest absolute Gasteiger partial charge is 0.119 e. The number of nitrogens with one attached hydrogen (secondary N) is 1. The third-order valence-electron chi connectivity index (χ3n) is 6.68. The first-order valence-electron chi connectivity index (χ1n) is 9.54. The Morgan fingerprint density at radius 2 is 1.16 bits per heavy atom. The van der Waals surface area contributed by atoms with Crippen LogP contribution in [0.1, 0.15) is 50.9 Å². The van der Waals surface area contributed by atoms with Gasteiger partial charge in [-0.15, -0.1) is 0 Å². The molecule has 0 amide bonds. The summed E-state index contributed by atoms with van der Waals surface area (Å²) in [6.07, 6.45) is 0. The van der Waals surface area contributed by atoms with E-state index in [2.05, 4.69) is 95.4 Å². The summed E-state index contributed by atoms with van der Waals surface area (Å²) in [6.45, 7) is 8.80. The first-order chi connectivity index (χ1) is 11.9. The largest absolute Gasteiger partial charge is 0.389 e. The summed E-state index contributed by atoms with van der Waals surface area (Å²) in [5.41, 5.74) is 1.94. The quantitative estimate of drug-likeness (QED) is 0.877. The summed E-state index contributed by atoms with van der Waals surface area (Å²) >= 11 is 0. The number of benzene rings is 2. The van der Waals surface area contributed by atoms with Crippen molar-refractivity contribution in [2.24, 2.45) is 17.8 Å². The number of likely N-dealkylation sites (tertiary alicyclic amines) is 1. The SMILES string of the molecule is CC(C)C1(O)[C@@H](C)[C@@H](c2ccccc2)[NH+](C)[C@H](c2ccccc2)[C@@H]1C.